The minimum absolute atomic E-state index is 0.0711. The average Bonchev–Trinajstić information content (AvgIpc) is 3.03. The van der Waals surface area contributed by atoms with Gasteiger partial charge in [0.15, 0.2) is 0 Å². The van der Waals surface area contributed by atoms with Crippen LogP contribution < -0.4 is 0 Å². The molecule has 0 saturated carbocycles. The van der Waals surface area contributed by atoms with Crippen molar-refractivity contribution in [2.45, 2.75) is 25.7 Å². The molecule has 0 heterocycles. The molecule has 0 aromatic heterocycles. The Bertz CT molecular complexity index is 1640. The van der Waals surface area contributed by atoms with Gasteiger partial charge in [0.25, 0.3) is 0 Å². The van der Waals surface area contributed by atoms with E-state index in [1.54, 1.807) is 48.5 Å². The summed E-state index contributed by atoms with van der Waals surface area (Å²) >= 11 is 0. The topological polar surface area (TPSA) is 80.9 Å². The Balaban J connectivity index is 0.000000175. The lowest BCUT2D eigenvalue weighted by Gasteiger charge is -2.21. The fourth-order valence-electron chi connectivity index (χ4n) is 5.42. The summed E-state index contributed by atoms with van der Waals surface area (Å²) in [5.41, 5.74) is 8.40. The largest absolute Gasteiger partial charge is 0.508 e. The number of benzene rings is 6. The second-order valence-corrected chi connectivity index (χ2v) is 11.0. The second kappa shape index (κ2) is 13.7. The number of para-hydroxylation sites is 2. The number of phenols is 4. The van der Waals surface area contributed by atoms with E-state index in [1.807, 2.05) is 79.7 Å². The highest BCUT2D eigenvalue weighted by atomic mass is 16.3. The summed E-state index contributed by atoms with van der Waals surface area (Å²) in [7, 11) is 0. The van der Waals surface area contributed by atoms with E-state index in [0.29, 0.717) is 0 Å². The third-order valence-corrected chi connectivity index (χ3v) is 7.77. The number of hydrogen-bond acceptors (Lipinski definition) is 4. The Morgan fingerprint density at radius 1 is 0.341 bits per heavy atom. The van der Waals surface area contributed by atoms with E-state index in [0.717, 1.165) is 27.8 Å². The molecule has 0 atom stereocenters. The maximum atomic E-state index is 10.3. The van der Waals surface area contributed by atoms with Gasteiger partial charge in [-0.3, -0.25) is 0 Å². The smallest absolute Gasteiger partial charge is 0.119 e. The van der Waals surface area contributed by atoms with Crippen molar-refractivity contribution in [3.05, 3.63) is 190 Å². The minimum Gasteiger partial charge on any atom is -0.508 e. The van der Waals surface area contributed by atoms with E-state index >= 15 is 0 Å². The molecule has 6 aromatic carbocycles. The van der Waals surface area contributed by atoms with Crippen LogP contribution in [0, 0.1) is 13.8 Å². The van der Waals surface area contributed by atoms with Crippen LogP contribution in [0.3, 0.4) is 0 Å². The first-order valence-corrected chi connectivity index (χ1v) is 14.6. The summed E-state index contributed by atoms with van der Waals surface area (Å²) < 4.78 is 0. The van der Waals surface area contributed by atoms with Crippen molar-refractivity contribution < 1.29 is 20.4 Å². The third-order valence-electron chi connectivity index (χ3n) is 7.77. The van der Waals surface area contributed by atoms with Gasteiger partial charge in [-0.1, -0.05) is 120 Å². The van der Waals surface area contributed by atoms with Crippen LogP contribution in [-0.2, 0) is 0 Å². The molecule has 0 fully saturated rings. The van der Waals surface area contributed by atoms with Gasteiger partial charge in [0.05, 0.1) is 0 Å². The molecule has 4 N–H and O–H groups in total. The van der Waals surface area contributed by atoms with E-state index in [4.69, 9.17) is 0 Å². The van der Waals surface area contributed by atoms with Crippen LogP contribution in [0.2, 0.25) is 0 Å². The average molecular weight is 581 g/mol. The molecule has 44 heavy (non-hydrogen) atoms. The van der Waals surface area contributed by atoms with Gasteiger partial charge >= 0.3 is 0 Å². The zero-order valence-electron chi connectivity index (χ0n) is 24.8. The highest BCUT2D eigenvalue weighted by molar-refractivity contribution is 5.52. The third kappa shape index (κ3) is 7.11. The van der Waals surface area contributed by atoms with Crippen LogP contribution in [0.1, 0.15) is 56.3 Å². The zero-order chi connectivity index (χ0) is 31.1. The summed E-state index contributed by atoms with van der Waals surface area (Å²) in [5, 5.41) is 39.6. The molecule has 4 nitrogen and oxygen atoms in total. The summed E-state index contributed by atoms with van der Waals surface area (Å²) in [5.74, 6) is 0.853. The molecule has 0 aliphatic rings. The first-order chi connectivity index (χ1) is 21.3. The number of rotatable bonds is 6. The molecule has 6 aromatic rings. The van der Waals surface area contributed by atoms with E-state index in [1.165, 1.54) is 16.7 Å². The van der Waals surface area contributed by atoms with Crippen molar-refractivity contribution in [2.75, 3.05) is 0 Å². The van der Waals surface area contributed by atoms with E-state index in [9.17, 15) is 20.4 Å². The monoisotopic (exact) mass is 580 g/mol. The number of hydrogen-bond donors (Lipinski definition) is 4. The molecule has 0 spiro atoms. The maximum Gasteiger partial charge on any atom is 0.119 e. The first kappa shape index (κ1) is 30.0. The van der Waals surface area contributed by atoms with Gasteiger partial charge in [0.2, 0.25) is 0 Å². The van der Waals surface area contributed by atoms with Crippen LogP contribution in [0.25, 0.3) is 0 Å². The predicted molar refractivity (Wildman–Crippen MR) is 177 cm³/mol. The summed E-state index contributed by atoms with van der Waals surface area (Å²) in [6, 6.07) is 45.7. The standard InChI is InChI=1S/2C20H18O2/c1-14-2-4-15(5-3-14)20(16-6-10-18(21)11-7-16)17-8-12-19(22)13-9-17;1-14-10-12-15(13-11-14)20(16-6-2-4-8-18(16)21)17-7-3-5-9-19(17)22/h2*2-13,20-22H,1H3. The lowest BCUT2D eigenvalue weighted by atomic mass is 9.84. The Morgan fingerprint density at radius 2 is 0.636 bits per heavy atom. The lowest BCUT2D eigenvalue weighted by molar-refractivity contribution is 0.458. The molecule has 0 radical (unpaired) electrons. The van der Waals surface area contributed by atoms with Gasteiger partial charge in [-0.15, -0.1) is 0 Å². The van der Waals surface area contributed by atoms with Crippen molar-refractivity contribution in [3.63, 3.8) is 0 Å². The number of aromatic hydroxyl groups is 4. The van der Waals surface area contributed by atoms with E-state index < -0.39 is 0 Å². The van der Waals surface area contributed by atoms with Crippen molar-refractivity contribution in [1.29, 1.82) is 0 Å². The van der Waals surface area contributed by atoms with Crippen molar-refractivity contribution >= 4 is 0 Å². The molecule has 0 bridgehead atoms. The highest BCUT2D eigenvalue weighted by Crippen LogP contribution is 2.40. The first-order valence-electron chi connectivity index (χ1n) is 14.6. The van der Waals surface area contributed by atoms with Gasteiger partial charge in [0, 0.05) is 23.0 Å². The van der Waals surface area contributed by atoms with Crippen LogP contribution in [0.4, 0.5) is 0 Å². The van der Waals surface area contributed by atoms with Crippen LogP contribution in [0.5, 0.6) is 23.0 Å². The van der Waals surface area contributed by atoms with E-state index in [-0.39, 0.29) is 34.8 Å². The van der Waals surface area contributed by atoms with Gasteiger partial charge in [-0.2, -0.15) is 0 Å². The van der Waals surface area contributed by atoms with E-state index in [2.05, 4.69) is 31.2 Å². The number of aryl methyl sites for hydroxylation is 2. The molecular weight excluding hydrogens is 544 g/mol. The summed E-state index contributed by atoms with van der Waals surface area (Å²) in [6.07, 6.45) is 0. The van der Waals surface area contributed by atoms with Gasteiger partial charge in [0.1, 0.15) is 23.0 Å². The van der Waals surface area contributed by atoms with Crippen molar-refractivity contribution in [3.8, 4) is 23.0 Å². The summed E-state index contributed by atoms with van der Waals surface area (Å²) in [6.45, 7) is 4.11. The quantitative estimate of drug-likeness (QED) is 0.148. The highest BCUT2D eigenvalue weighted by Gasteiger charge is 2.22. The van der Waals surface area contributed by atoms with Crippen molar-refractivity contribution in [2.24, 2.45) is 0 Å². The van der Waals surface area contributed by atoms with Gasteiger partial charge in [-0.05, 0) is 72.5 Å². The fraction of sp³-hybridized carbons (Fsp3) is 0.100. The Morgan fingerprint density at radius 3 is 0.977 bits per heavy atom. The Labute approximate surface area is 258 Å². The SMILES string of the molecule is Cc1ccc(C(c2ccc(O)cc2)c2ccc(O)cc2)cc1.Cc1ccc(C(c2ccccc2O)c2ccccc2O)cc1. The van der Waals surface area contributed by atoms with Crippen LogP contribution in [0.15, 0.2) is 146 Å². The number of phenolic OH excluding ortho intramolecular Hbond substituents is 4. The maximum absolute atomic E-state index is 10.3. The van der Waals surface area contributed by atoms with Gasteiger partial charge in [-0.25, -0.2) is 0 Å². The normalized spacial score (nSPS) is 10.8. The predicted octanol–water partition coefficient (Wildman–Crippen LogP) is 9.17. The molecule has 0 aliphatic carbocycles. The Kier molecular flexibility index (Phi) is 9.31. The second-order valence-electron chi connectivity index (χ2n) is 11.0. The van der Waals surface area contributed by atoms with Crippen LogP contribution >= 0.6 is 0 Å². The van der Waals surface area contributed by atoms with Crippen molar-refractivity contribution in [1.82, 2.24) is 0 Å². The fourth-order valence-corrected chi connectivity index (χ4v) is 5.42. The molecular formula is C40H36O4. The lowest BCUT2D eigenvalue weighted by Crippen LogP contribution is -2.04. The molecule has 0 amide bonds. The molecule has 0 aliphatic heterocycles. The zero-order valence-corrected chi connectivity index (χ0v) is 24.8. The van der Waals surface area contributed by atoms with Gasteiger partial charge < -0.3 is 20.4 Å². The molecule has 6 rings (SSSR count). The minimum atomic E-state index is -0.206. The molecule has 4 heteroatoms. The Hall–Kier alpha value is -5.48. The van der Waals surface area contributed by atoms with Crippen LogP contribution in [-0.4, -0.2) is 20.4 Å². The molecule has 220 valence electrons. The summed E-state index contributed by atoms with van der Waals surface area (Å²) in [4.78, 5) is 0. The molecule has 0 saturated heterocycles. The molecule has 0 unspecified atom stereocenters.